The van der Waals surface area contributed by atoms with E-state index in [9.17, 15) is 4.79 Å². The number of thiazole rings is 1. The lowest BCUT2D eigenvalue weighted by Crippen LogP contribution is -2.40. The molecule has 1 rings (SSSR count). The van der Waals surface area contributed by atoms with Gasteiger partial charge in [-0.05, 0) is 34.6 Å². The Balaban J connectivity index is 2.38. The SMILES string of the molecule is CCN(CC)c1ncc(CNNC(=O)OC(C)(C)C)s1. The lowest BCUT2D eigenvalue weighted by atomic mass is 10.2. The first-order chi connectivity index (χ1) is 9.35. The fourth-order valence-corrected chi connectivity index (χ4v) is 2.50. The molecule has 0 spiro atoms. The van der Waals surface area contributed by atoms with E-state index in [1.54, 1.807) is 11.3 Å². The quantitative estimate of drug-likeness (QED) is 0.790. The van der Waals surface area contributed by atoms with Crippen molar-refractivity contribution in [2.45, 2.75) is 46.8 Å². The maximum atomic E-state index is 11.4. The molecular formula is C13H24N4O2S. The number of carbonyl (C=O) groups excluding carboxylic acids is 1. The zero-order chi connectivity index (χ0) is 15.2. The molecule has 0 aromatic carbocycles. The van der Waals surface area contributed by atoms with Gasteiger partial charge < -0.3 is 9.64 Å². The van der Waals surface area contributed by atoms with E-state index in [0.717, 1.165) is 23.1 Å². The number of carbonyl (C=O) groups is 1. The second-order valence-electron chi connectivity index (χ2n) is 5.26. The van der Waals surface area contributed by atoms with E-state index in [1.165, 1.54) is 0 Å². The van der Waals surface area contributed by atoms with Crippen LogP contribution in [0.1, 0.15) is 39.5 Å². The first-order valence-electron chi connectivity index (χ1n) is 6.77. The molecule has 114 valence electrons. The summed E-state index contributed by atoms with van der Waals surface area (Å²) in [5.74, 6) is 0. The average molecular weight is 300 g/mol. The first-order valence-corrected chi connectivity index (χ1v) is 7.58. The minimum absolute atomic E-state index is 0.481. The third-order valence-electron chi connectivity index (χ3n) is 2.43. The molecule has 0 saturated carbocycles. The van der Waals surface area contributed by atoms with Crippen LogP contribution in [0.15, 0.2) is 6.20 Å². The van der Waals surface area contributed by atoms with Crippen LogP contribution < -0.4 is 15.8 Å². The standard InChI is InChI=1S/C13H24N4O2S/c1-6-17(7-2)11-14-8-10(20-11)9-15-16-12(18)19-13(3,4)5/h8,15H,6-7,9H2,1-5H3,(H,16,18). The summed E-state index contributed by atoms with van der Waals surface area (Å²) in [6.07, 6.45) is 1.34. The fraction of sp³-hybridized carbons (Fsp3) is 0.692. The zero-order valence-electron chi connectivity index (χ0n) is 12.8. The number of nitrogens with zero attached hydrogens (tertiary/aromatic N) is 2. The summed E-state index contributed by atoms with van der Waals surface area (Å²) in [6.45, 7) is 12.1. The summed E-state index contributed by atoms with van der Waals surface area (Å²) in [7, 11) is 0. The lowest BCUT2D eigenvalue weighted by molar-refractivity contribution is 0.0497. The van der Waals surface area contributed by atoms with E-state index in [2.05, 4.69) is 34.6 Å². The van der Waals surface area contributed by atoms with Gasteiger partial charge in [-0.3, -0.25) is 5.43 Å². The number of hydrazine groups is 1. The highest BCUT2D eigenvalue weighted by molar-refractivity contribution is 7.15. The predicted octanol–water partition coefficient (Wildman–Crippen LogP) is 2.52. The van der Waals surface area contributed by atoms with Crippen LogP contribution in [0.3, 0.4) is 0 Å². The van der Waals surface area contributed by atoms with Crippen molar-refractivity contribution in [1.29, 1.82) is 0 Å². The predicted molar refractivity (Wildman–Crippen MR) is 81.9 cm³/mol. The van der Waals surface area contributed by atoms with E-state index in [4.69, 9.17) is 4.74 Å². The van der Waals surface area contributed by atoms with E-state index >= 15 is 0 Å². The van der Waals surface area contributed by atoms with Crippen LogP contribution in [0, 0.1) is 0 Å². The summed E-state index contributed by atoms with van der Waals surface area (Å²) in [4.78, 5) is 19.1. The molecule has 0 aliphatic heterocycles. The van der Waals surface area contributed by atoms with E-state index in [0.29, 0.717) is 6.54 Å². The van der Waals surface area contributed by atoms with Crippen molar-refractivity contribution in [1.82, 2.24) is 15.8 Å². The van der Waals surface area contributed by atoms with Gasteiger partial charge in [0.25, 0.3) is 0 Å². The molecule has 2 N–H and O–H groups in total. The molecule has 7 heteroatoms. The van der Waals surface area contributed by atoms with Gasteiger partial charge >= 0.3 is 6.09 Å². The Labute approximate surface area is 124 Å². The van der Waals surface area contributed by atoms with Crippen LogP contribution in [-0.4, -0.2) is 29.8 Å². The summed E-state index contributed by atoms with van der Waals surface area (Å²) < 4.78 is 5.12. The van der Waals surface area contributed by atoms with Crippen molar-refractivity contribution >= 4 is 22.6 Å². The van der Waals surface area contributed by atoms with E-state index in [-0.39, 0.29) is 0 Å². The largest absolute Gasteiger partial charge is 0.443 e. The Kier molecular flexibility index (Phi) is 6.22. The Morgan fingerprint density at radius 3 is 2.60 bits per heavy atom. The molecule has 1 aromatic heterocycles. The number of amides is 1. The van der Waals surface area contributed by atoms with Crippen molar-refractivity contribution in [3.8, 4) is 0 Å². The van der Waals surface area contributed by atoms with Crippen LogP contribution in [0.2, 0.25) is 0 Å². The van der Waals surface area contributed by atoms with Gasteiger partial charge in [0.05, 0.1) is 6.54 Å². The number of aromatic nitrogens is 1. The van der Waals surface area contributed by atoms with Crippen molar-refractivity contribution in [3.63, 3.8) is 0 Å². The molecule has 0 saturated heterocycles. The van der Waals surface area contributed by atoms with Gasteiger partial charge in [-0.15, -0.1) is 11.3 Å². The molecule has 1 amide bonds. The van der Waals surface area contributed by atoms with Gasteiger partial charge in [0.2, 0.25) is 0 Å². The lowest BCUT2D eigenvalue weighted by Gasteiger charge is -2.19. The van der Waals surface area contributed by atoms with Crippen LogP contribution in [0.25, 0.3) is 0 Å². The monoisotopic (exact) mass is 300 g/mol. The summed E-state index contributed by atoms with van der Waals surface area (Å²) in [6, 6.07) is 0. The van der Waals surface area contributed by atoms with Crippen LogP contribution in [0.4, 0.5) is 9.93 Å². The van der Waals surface area contributed by atoms with Gasteiger partial charge in [0, 0.05) is 24.2 Å². The van der Waals surface area contributed by atoms with Crippen molar-refractivity contribution < 1.29 is 9.53 Å². The second-order valence-corrected chi connectivity index (χ2v) is 6.36. The number of rotatable bonds is 6. The number of ether oxygens (including phenoxy) is 1. The third-order valence-corrected chi connectivity index (χ3v) is 3.49. The molecule has 0 atom stereocenters. The number of hydrogen-bond donors (Lipinski definition) is 2. The molecule has 1 aromatic rings. The molecular weight excluding hydrogens is 276 g/mol. The van der Waals surface area contributed by atoms with Crippen molar-refractivity contribution in [2.24, 2.45) is 0 Å². The fourth-order valence-electron chi connectivity index (χ4n) is 1.53. The zero-order valence-corrected chi connectivity index (χ0v) is 13.6. The highest BCUT2D eigenvalue weighted by atomic mass is 32.1. The van der Waals surface area contributed by atoms with Gasteiger partial charge in [-0.2, -0.15) is 0 Å². The Morgan fingerprint density at radius 2 is 2.05 bits per heavy atom. The number of anilines is 1. The molecule has 0 bridgehead atoms. The maximum absolute atomic E-state index is 11.4. The minimum atomic E-state index is -0.494. The third kappa shape index (κ3) is 5.75. The molecule has 0 radical (unpaired) electrons. The molecule has 1 heterocycles. The van der Waals surface area contributed by atoms with Gasteiger partial charge in [0.15, 0.2) is 5.13 Å². The Bertz CT molecular complexity index is 424. The van der Waals surface area contributed by atoms with E-state index < -0.39 is 11.7 Å². The van der Waals surface area contributed by atoms with Gasteiger partial charge in [0.1, 0.15) is 5.60 Å². The van der Waals surface area contributed by atoms with Gasteiger partial charge in [-0.25, -0.2) is 15.2 Å². The van der Waals surface area contributed by atoms with Gasteiger partial charge in [-0.1, -0.05) is 0 Å². The topological polar surface area (TPSA) is 66.5 Å². The molecule has 20 heavy (non-hydrogen) atoms. The molecule has 0 fully saturated rings. The van der Waals surface area contributed by atoms with Crippen LogP contribution >= 0.6 is 11.3 Å². The minimum Gasteiger partial charge on any atom is -0.443 e. The molecule has 0 unspecified atom stereocenters. The van der Waals surface area contributed by atoms with Crippen molar-refractivity contribution in [2.75, 3.05) is 18.0 Å². The van der Waals surface area contributed by atoms with Crippen molar-refractivity contribution in [3.05, 3.63) is 11.1 Å². The highest BCUT2D eigenvalue weighted by Crippen LogP contribution is 2.21. The number of nitrogens with one attached hydrogen (secondary N) is 2. The number of hydrogen-bond acceptors (Lipinski definition) is 6. The highest BCUT2D eigenvalue weighted by Gasteiger charge is 2.15. The summed E-state index contributed by atoms with van der Waals surface area (Å²) >= 11 is 1.62. The smallest absolute Gasteiger partial charge is 0.422 e. The average Bonchev–Trinajstić information content (AvgIpc) is 2.77. The summed E-state index contributed by atoms with van der Waals surface area (Å²) in [5, 5.41) is 1.00. The molecule has 0 aliphatic carbocycles. The molecule has 0 aliphatic rings. The molecule has 6 nitrogen and oxygen atoms in total. The Morgan fingerprint density at radius 1 is 1.40 bits per heavy atom. The maximum Gasteiger partial charge on any atom is 0.422 e. The van der Waals surface area contributed by atoms with Crippen LogP contribution in [0.5, 0.6) is 0 Å². The van der Waals surface area contributed by atoms with Crippen LogP contribution in [-0.2, 0) is 11.3 Å². The second kappa shape index (κ2) is 7.44. The normalized spacial score (nSPS) is 11.2. The van der Waals surface area contributed by atoms with E-state index in [1.807, 2.05) is 27.0 Å². The Hall–Kier alpha value is -1.34. The summed E-state index contributed by atoms with van der Waals surface area (Å²) in [5.41, 5.74) is 4.85. The first kappa shape index (κ1) is 16.7.